The molecule has 2 rings (SSSR count). The number of benzene rings is 1. The predicted molar refractivity (Wildman–Crippen MR) is 63.7 cm³/mol. The van der Waals surface area contributed by atoms with Crippen LogP contribution in [0, 0.1) is 12.7 Å². The number of hydrogen-bond donors (Lipinski definition) is 2. The third-order valence-electron chi connectivity index (χ3n) is 3.31. The Kier molecular flexibility index (Phi) is 3.56. The summed E-state index contributed by atoms with van der Waals surface area (Å²) in [5.41, 5.74) is 7.84. The Morgan fingerprint density at radius 2 is 2.38 bits per heavy atom. The first-order chi connectivity index (χ1) is 7.66. The molecular weight excluding hydrogens is 203 g/mol. The average Bonchev–Trinajstić information content (AvgIpc) is 2.74. The second-order valence-electron chi connectivity index (χ2n) is 4.64. The van der Waals surface area contributed by atoms with E-state index in [1.165, 1.54) is 18.9 Å². The van der Waals surface area contributed by atoms with E-state index in [-0.39, 0.29) is 11.9 Å². The normalized spacial score (nSPS) is 22.3. The molecule has 1 aliphatic rings. The third kappa shape index (κ3) is 2.60. The van der Waals surface area contributed by atoms with Crippen LogP contribution in [0.3, 0.4) is 0 Å². The summed E-state index contributed by atoms with van der Waals surface area (Å²) >= 11 is 0. The summed E-state index contributed by atoms with van der Waals surface area (Å²) in [5, 5.41) is 3.43. The predicted octanol–water partition coefficient (Wildman–Crippen LogP) is 2.28. The Hall–Kier alpha value is -0.930. The maximum atomic E-state index is 13.1. The van der Waals surface area contributed by atoms with Crippen molar-refractivity contribution in [1.29, 1.82) is 0 Å². The minimum atomic E-state index is -0.157. The number of hydrogen-bond acceptors (Lipinski definition) is 2. The molecule has 2 nitrogen and oxygen atoms in total. The summed E-state index contributed by atoms with van der Waals surface area (Å²) < 4.78 is 13.1. The van der Waals surface area contributed by atoms with Crippen LogP contribution < -0.4 is 11.1 Å². The maximum Gasteiger partial charge on any atom is 0.126 e. The smallest absolute Gasteiger partial charge is 0.126 e. The van der Waals surface area contributed by atoms with Crippen molar-refractivity contribution >= 4 is 0 Å². The SMILES string of the molecule is Cc1cc(C(N)CC2CCCN2)ccc1F. The molecule has 0 aliphatic carbocycles. The van der Waals surface area contributed by atoms with Crippen molar-refractivity contribution < 1.29 is 4.39 Å². The molecule has 1 aromatic carbocycles. The third-order valence-corrected chi connectivity index (χ3v) is 3.31. The van der Waals surface area contributed by atoms with Crippen LogP contribution in [-0.2, 0) is 0 Å². The molecule has 88 valence electrons. The summed E-state index contributed by atoms with van der Waals surface area (Å²) in [6, 6.07) is 5.69. The van der Waals surface area contributed by atoms with Gasteiger partial charge in [0.2, 0.25) is 0 Å². The lowest BCUT2D eigenvalue weighted by Gasteiger charge is -2.17. The van der Waals surface area contributed by atoms with E-state index in [2.05, 4.69) is 5.32 Å². The molecule has 2 atom stereocenters. The molecule has 2 unspecified atom stereocenters. The molecule has 1 saturated heterocycles. The molecule has 1 heterocycles. The fraction of sp³-hybridized carbons (Fsp3) is 0.538. The first-order valence-corrected chi connectivity index (χ1v) is 5.92. The van der Waals surface area contributed by atoms with Crippen LogP contribution >= 0.6 is 0 Å². The van der Waals surface area contributed by atoms with Gasteiger partial charge in [-0.05, 0) is 49.9 Å². The Morgan fingerprint density at radius 1 is 1.56 bits per heavy atom. The van der Waals surface area contributed by atoms with Gasteiger partial charge in [0.25, 0.3) is 0 Å². The molecule has 0 amide bonds. The van der Waals surface area contributed by atoms with Crippen LogP contribution in [-0.4, -0.2) is 12.6 Å². The van der Waals surface area contributed by atoms with Crippen molar-refractivity contribution in [2.24, 2.45) is 5.73 Å². The quantitative estimate of drug-likeness (QED) is 0.823. The highest BCUT2D eigenvalue weighted by Crippen LogP contribution is 2.21. The Balaban J connectivity index is 2.02. The number of halogens is 1. The molecular formula is C13H19FN2. The highest BCUT2D eigenvalue weighted by molar-refractivity contribution is 5.26. The van der Waals surface area contributed by atoms with E-state index < -0.39 is 0 Å². The van der Waals surface area contributed by atoms with Gasteiger partial charge in [-0.3, -0.25) is 0 Å². The summed E-state index contributed by atoms with van der Waals surface area (Å²) in [6.07, 6.45) is 3.37. The van der Waals surface area contributed by atoms with Crippen molar-refractivity contribution in [3.63, 3.8) is 0 Å². The lowest BCUT2D eigenvalue weighted by atomic mass is 9.98. The van der Waals surface area contributed by atoms with E-state index in [4.69, 9.17) is 5.73 Å². The fourth-order valence-corrected chi connectivity index (χ4v) is 2.30. The van der Waals surface area contributed by atoms with E-state index >= 15 is 0 Å². The van der Waals surface area contributed by atoms with Gasteiger partial charge in [0.05, 0.1) is 0 Å². The Bertz CT molecular complexity index is 359. The van der Waals surface area contributed by atoms with Crippen molar-refractivity contribution in [3.8, 4) is 0 Å². The van der Waals surface area contributed by atoms with Crippen LogP contribution in [0.15, 0.2) is 18.2 Å². The van der Waals surface area contributed by atoms with Crippen LogP contribution in [0.1, 0.15) is 36.4 Å². The zero-order chi connectivity index (χ0) is 11.5. The lowest BCUT2D eigenvalue weighted by Crippen LogP contribution is -2.26. The first-order valence-electron chi connectivity index (χ1n) is 5.92. The first kappa shape index (κ1) is 11.6. The number of rotatable bonds is 3. The van der Waals surface area contributed by atoms with Gasteiger partial charge in [-0.2, -0.15) is 0 Å². The molecule has 0 bridgehead atoms. The molecule has 0 spiro atoms. The minimum absolute atomic E-state index is 0.00917. The van der Waals surface area contributed by atoms with Crippen molar-refractivity contribution in [2.45, 2.75) is 38.3 Å². The topological polar surface area (TPSA) is 38.0 Å². The van der Waals surface area contributed by atoms with Gasteiger partial charge in [-0.15, -0.1) is 0 Å². The molecule has 0 saturated carbocycles. The van der Waals surface area contributed by atoms with E-state index in [0.29, 0.717) is 11.6 Å². The summed E-state index contributed by atoms with van der Waals surface area (Å²) in [7, 11) is 0. The zero-order valence-corrected chi connectivity index (χ0v) is 9.67. The van der Waals surface area contributed by atoms with E-state index in [1.807, 2.05) is 6.07 Å². The summed E-state index contributed by atoms with van der Waals surface area (Å²) in [4.78, 5) is 0. The highest BCUT2D eigenvalue weighted by Gasteiger charge is 2.18. The number of aryl methyl sites for hydroxylation is 1. The fourth-order valence-electron chi connectivity index (χ4n) is 2.30. The van der Waals surface area contributed by atoms with Crippen molar-refractivity contribution in [2.75, 3.05) is 6.54 Å². The molecule has 3 N–H and O–H groups in total. The molecule has 16 heavy (non-hydrogen) atoms. The Morgan fingerprint density at radius 3 is 3.00 bits per heavy atom. The van der Waals surface area contributed by atoms with E-state index in [0.717, 1.165) is 18.5 Å². The van der Waals surface area contributed by atoms with Gasteiger partial charge in [-0.25, -0.2) is 4.39 Å². The summed E-state index contributed by atoms with van der Waals surface area (Å²) in [5.74, 6) is -0.157. The molecule has 1 aliphatic heterocycles. The Labute approximate surface area is 96.0 Å². The van der Waals surface area contributed by atoms with E-state index in [1.54, 1.807) is 13.0 Å². The van der Waals surface area contributed by atoms with Gasteiger partial charge < -0.3 is 11.1 Å². The summed E-state index contributed by atoms with van der Waals surface area (Å²) in [6.45, 7) is 2.87. The van der Waals surface area contributed by atoms with Crippen LogP contribution in [0.2, 0.25) is 0 Å². The maximum absolute atomic E-state index is 13.1. The van der Waals surface area contributed by atoms with E-state index in [9.17, 15) is 4.39 Å². The molecule has 0 radical (unpaired) electrons. The molecule has 1 aromatic rings. The van der Waals surface area contributed by atoms with Crippen LogP contribution in [0.5, 0.6) is 0 Å². The van der Waals surface area contributed by atoms with Gasteiger partial charge in [0.1, 0.15) is 5.82 Å². The van der Waals surface area contributed by atoms with Crippen LogP contribution in [0.25, 0.3) is 0 Å². The standard InChI is InChI=1S/C13H19FN2/c1-9-7-10(4-5-12(9)14)13(15)8-11-3-2-6-16-11/h4-5,7,11,13,16H,2-3,6,8,15H2,1H3. The second-order valence-corrected chi connectivity index (χ2v) is 4.64. The second kappa shape index (κ2) is 4.93. The largest absolute Gasteiger partial charge is 0.324 e. The lowest BCUT2D eigenvalue weighted by molar-refractivity contribution is 0.498. The monoisotopic (exact) mass is 222 g/mol. The zero-order valence-electron chi connectivity index (χ0n) is 9.67. The van der Waals surface area contributed by atoms with Gasteiger partial charge in [0, 0.05) is 12.1 Å². The van der Waals surface area contributed by atoms with Crippen LogP contribution in [0.4, 0.5) is 4.39 Å². The van der Waals surface area contributed by atoms with Gasteiger partial charge in [-0.1, -0.05) is 12.1 Å². The number of nitrogens with one attached hydrogen (secondary N) is 1. The minimum Gasteiger partial charge on any atom is -0.324 e. The molecule has 1 fully saturated rings. The van der Waals surface area contributed by atoms with Gasteiger partial charge in [0.15, 0.2) is 0 Å². The molecule has 3 heteroatoms. The van der Waals surface area contributed by atoms with Gasteiger partial charge >= 0.3 is 0 Å². The molecule has 0 aromatic heterocycles. The van der Waals surface area contributed by atoms with Crippen molar-refractivity contribution in [1.82, 2.24) is 5.32 Å². The van der Waals surface area contributed by atoms with Crippen molar-refractivity contribution in [3.05, 3.63) is 35.1 Å². The average molecular weight is 222 g/mol. The number of nitrogens with two attached hydrogens (primary N) is 1. The highest BCUT2D eigenvalue weighted by atomic mass is 19.1.